The first-order chi connectivity index (χ1) is 10.2. The topological polar surface area (TPSA) is 61.8 Å². The monoisotopic (exact) mass is 301 g/mol. The number of fused-ring (bicyclic) bond motifs is 1. The Morgan fingerprint density at radius 3 is 2.86 bits per heavy atom. The fourth-order valence-electron chi connectivity index (χ4n) is 2.85. The van der Waals surface area contributed by atoms with Gasteiger partial charge in [0.25, 0.3) is 0 Å². The van der Waals surface area contributed by atoms with Crippen LogP contribution in [0.2, 0.25) is 0 Å². The van der Waals surface area contributed by atoms with E-state index >= 15 is 0 Å². The van der Waals surface area contributed by atoms with Crippen LogP contribution in [-0.2, 0) is 13.0 Å². The summed E-state index contributed by atoms with van der Waals surface area (Å²) in [5, 5.41) is 13.9. The van der Waals surface area contributed by atoms with Gasteiger partial charge in [-0.15, -0.1) is 11.3 Å². The lowest BCUT2D eigenvalue weighted by Gasteiger charge is -2.33. The second kappa shape index (κ2) is 5.87. The zero-order chi connectivity index (χ0) is 14.8. The molecule has 0 saturated heterocycles. The molecule has 0 saturated carbocycles. The molecule has 0 aliphatic carbocycles. The summed E-state index contributed by atoms with van der Waals surface area (Å²) in [6.45, 7) is 4.29. The van der Waals surface area contributed by atoms with Gasteiger partial charge in [0.15, 0.2) is 5.84 Å². The minimum absolute atomic E-state index is 0.149. The van der Waals surface area contributed by atoms with Crippen LogP contribution in [0.15, 0.2) is 40.9 Å². The maximum Gasteiger partial charge on any atom is 0.170 e. The second-order valence-electron chi connectivity index (χ2n) is 5.38. The van der Waals surface area contributed by atoms with Gasteiger partial charge in [-0.2, -0.15) is 0 Å². The molecule has 0 bridgehead atoms. The highest BCUT2D eigenvalue weighted by Gasteiger charge is 2.24. The number of nitrogens with two attached hydrogens (primary N) is 1. The molecule has 1 aliphatic rings. The third-order valence-electron chi connectivity index (χ3n) is 4.15. The molecule has 2 heterocycles. The Bertz CT molecular complexity index is 648. The van der Waals surface area contributed by atoms with Gasteiger partial charge in [-0.1, -0.05) is 29.4 Å². The smallest absolute Gasteiger partial charge is 0.170 e. The lowest BCUT2D eigenvalue weighted by Crippen LogP contribution is -2.32. The molecule has 5 heteroatoms. The van der Waals surface area contributed by atoms with E-state index in [9.17, 15) is 0 Å². The summed E-state index contributed by atoms with van der Waals surface area (Å²) in [4.78, 5) is 4.02. The molecular formula is C16H19N3OS. The normalized spacial score (nSPS) is 19.5. The largest absolute Gasteiger partial charge is 0.409 e. The minimum atomic E-state index is 0.149. The van der Waals surface area contributed by atoms with Gasteiger partial charge in [-0.3, -0.25) is 4.90 Å². The number of oxime groups is 1. The number of nitrogens with zero attached hydrogens (tertiary/aromatic N) is 2. The van der Waals surface area contributed by atoms with Gasteiger partial charge in [0, 0.05) is 29.6 Å². The van der Waals surface area contributed by atoms with E-state index in [4.69, 9.17) is 10.9 Å². The quantitative estimate of drug-likeness (QED) is 0.396. The van der Waals surface area contributed by atoms with Crippen molar-refractivity contribution in [1.29, 1.82) is 0 Å². The number of thiophene rings is 1. The zero-order valence-electron chi connectivity index (χ0n) is 12.0. The molecule has 3 rings (SSSR count). The molecule has 1 aromatic carbocycles. The van der Waals surface area contributed by atoms with Gasteiger partial charge in [-0.05, 0) is 35.9 Å². The highest BCUT2D eigenvalue weighted by molar-refractivity contribution is 7.10. The van der Waals surface area contributed by atoms with Gasteiger partial charge in [0.05, 0.1) is 0 Å². The van der Waals surface area contributed by atoms with E-state index in [0.717, 1.165) is 25.1 Å². The van der Waals surface area contributed by atoms with Crippen molar-refractivity contribution in [3.8, 4) is 0 Å². The Labute approximate surface area is 128 Å². The van der Waals surface area contributed by atoms with Crippen molar-refractivity contribution < 1.29 is 5.21 Å². The van der Waals surface area contributed by atoms with E-state index in [1.807, 2.05) is 35.6 Å². The Morgan fingerprint density at radius 2 is 2.14 bits per heavy atom. The maximum absolute atomic E-state index is 8.68. The molecule has 21 heavy (non-hydrogen) atoms. The summed E-state index contributed by atoms with van der Waals surface area (Å²) in [5.74, 6) is 0.149. The first-order valence-corrected chi connectivity index (χ1v) is 7.94. The van der Waals surface area contributed by atoms with Gasteiger partial charge in [0.2, 0.25) is 0 Å². The van der Waals surface area contributed by atoms with E-state index in [1.54, 1.807) is 0 Å². The van der Waals surface area contributed by atoms with Crippen molar-refractivity contribution in [2.24, 2.45) is 10.9 Å². The molecule has 1 unspecified atom stereocenters. The minimum Gasteiger partial charge on any atom is -0.409 e. The first kappa shape index (κ1) is 14.1. The number of benzene rings is 1. The van der Waals surface area contributed by atoms with E-state index in [0.29, 0.717) is 6.04 Å². The van der Waals surface area contributed by atoms with Crippen LogP contribution < -0.4 is 5.73 Å². The molecule has 3 N–H and O–H groups in total. The molecule has 0 amide bonds. The molecule has 1 aliphatic heterocycles. The van der Waals surface area contributed by atoms with Crippen molar-refractivity contribution in [1.82, 2.24) is 4.90 Å². The van der Waals surface area contributed by atoms with Crippen molar-refractivity contribution in [3.05, 3.63) is 57.3 Å². The van der Waals surface area contributed by atoms with Crippen LogP contribution in [0, 0.1) is 0 Å². The average Bonchev–Trinajstić information content (AvgIpc) is 2.99. The van der Waals surface area contributed by atoms with Gasteiger partial charge in [0.1, 0.15) is 0 Å². The Kier molecular flexibility index (Phi) is 3.94. The van der Waals surface area contributed by atoms with Crippen LogP contribution >= 0.6 is 11.3 Å². The van der Waals surface area contributed by atoms with Crippen LogP contribution in [0.25, 0.3) is 0 Å². The highest BCUT2D eigenvalue weighted by Crippen LogP contribution is 2.33. The zero-order valence-corrected chi connectivity index (χ0v) is 12.8. The second-order valence-corrected chi connectivity index (χ2v) is 6.38. The standard InChI is InChI=1S/C16H19N3OS/c1-11-14-7-9-21-15(14)6-8-19(11)10-12-2-4-13(5-3-12)16(17)18-20/h2-5,7,9,11,20H,6,8,10H2,1H3,(H2,17,18). The summed E-state index contributed by atoms with van der Waals surface area (Å²) < 4.78 is 0. The molecule has 4 nitrogen and oxygen atoms in total. The fraction of sp³-hybridized carbons (Fsp3) is 0.312. The van der Waals surface area contributed by atoms with E-state index in [2.05, 4.69) is 28.4 Å². The van der Waals surface area contributed by atoms with E-state index in [1.165, 1.54) is 16.0 Å². The number of rotatable bonds is 3. The third-order valence-corrected chi connectivity index (χ3v) is 5.14. The summed E-state index contributed by atoms with van der Waals surface area (Å²) in [6, 6.07) is 10.6. The van der Waals surface area contributed by atoms with Gasteiger partial charge in [-0.25, -0.2) is 0 Å². The Morgan fingerprint density at radius 1 is 1.38 bits per heavy atom. The highest BCUT2D eigenvalue weighted by atomic mass is 32.1. The van der Waals surface area contributed by atoms with Crippen molar-refractivity contribution in [2.75, 3.05) is 6.54 Å². The molecule has 0 radical (unpaired) electrons. The van der Waals surface area contributed by atoms with Crippen LogP contribution in [0.3, 0.4) is 0 Å². The number of amidine groups is 1. The fourth-order valence-corrected chi connectivity index (χ4v) is 3.81. The summed E-state index contributed by atoms with van der Waals surface area (Å²) in [6.07, 6.45) is 1.14. The van der Waals surface area contributed by atoms with Gasteiger partial charge >= 0.3 is 0 Å². The third kappa shape index (κ3) is 2.80. The van der Waals surface area contributed by atoms with Crippen LogP contribution in [0.1, 0.15) is 34.5 Å². The number of hydrogen-bond donors (Lipinski definition) is 2. The van der Waals surface area contributed by atoms with E-state index < -0.39 is 0 Å². The predicted molar refractivity (Wildman–Crippen MR) is 85.8 cm³/mol. The molecule has 2 aromatic rings. The Hall–Kier alpha value is -1.85. The summed E-state index contributed by atoms with van der Waals surface area (Å²) in [5.41, 5.74) is 9.04. The summed E-state index contributed by atoms with van der Waals surface area (Å²) >= 11 is 1.87. The molecule has 0 spiro atoms. The van der Waals surface area contributed by atoms with Crippen LogP contribution in [-0.4, -0.2) is 22.5 Å². The predicted octanol–water partition coefficient (Wildman–Crippen LogP) is 2.96. The lowest BCUT2D eigenvalue weighted by molar-refractivity contribution is 0.191. The average molecular weight is 301 g/mol. The van der Waals surface area contributed by atoms with Crippen LogP contribution in [0.4, 0.5) is 0 Å². The molecule has 1 aromatic heterocycles. The maximum atomic E-state index is 8.68. The van der Waals surface area contributed by atoms with Crippen molar-refractivity contribution >= 4 is 17.2 Å². The summed E-state index contributed by atoms with van der Waals surface area (Å²) in [7, 11) is 0. The van der Waals surface area contributed by atoms with Crippen molar-refractivity contribution in [2.45, 2.75) is 25.9 Å². The van der Waals surface area contributed by atoms with Crippen LogP contribution in [0.5, 0.6) is 0 Å². The molecule has 1 atom stereocenters. The number of hydrogen-bond acceptors (Lipinski definition) is 4. The van der Waals surface area contributed by atoms with Gasteiger partial charge < -0.3 is 10.9 Å². The lowest BCUT2D eigenvalue weighted by atomic mass is 10.0. The molecule has 110 valence electrons. The van der Waals surface area contributed by atoms with E-state index in [-0.39, 0.29) is 5.84 Å². The molecule has 0 fully saturated rings. The first-order valence-electron chi connectivity index (χ1n) is 7.06. The van der Waals surface area contributed by atoms with Crippen molar-refractivity contribution in [3.63, 3.8) is 0 Å². The molecular weight excluding hydrogens is 282 g/mol. The SMILES string of the molecule is CC1c2ccsc2CCN1Cc1ccc(C(N)=NO)cc1. The Balaban J connectivity index is 1.73.